The normalized spacial score (nSPS) is 10.2. The molecule has 0 aromatic heterocycles. The van der Waals surface area contributed by atoms with Crippen LogP contribution in [-0.4, -0.2) is 43.7 Å². The molecule has 1 aromatic rings. The lowest BCUT2D eigenvalue weighted by Crippen LogP contribution is -2.42. The summed E-state index contributed by atoms with van der Waals surface area (Å²) in [6, 6.07) is 8.98. The smallest absolute Gasteiger partial charge is 0.260 e. The van der Waals surface area contributed by atoms with Gasteiger partial charge in [-0.05, 0) is 26.0 Å². The Hall–Kier alpha value is -2.06. The van der Waals surface area contributed by atoms with E-state index in [0.717, 1.165) is 0 Å². The van der Waals surface area contributed by atoms with E-state index in [4.69, 9.17) is 14.7 Å². The van der Waals surface area contributed by atoms with Crippen LogP contribution >= 0.6 is 0 Å². The average Bonchev–Trinajstić information content (AvgIpc) is 2.45. The molecular weight excluding hydrogens is 256 g/mol. The molecule has 0 N–H and O–H groups in total. The molecule has 0 spiro atoms. The zero-order chi connectivity index (χ0) is 15.0. The summed E-state index contributed by atoms with van der Waals surface area (Å²) in [5.74, 6) is 0.309. The van der Waals surface area contributed by atoms with Gasteiger partial charge in [0.25, 0.3) is 5.91 Å². The Bertz CT molecular complexity index is 480. The van der Waals surface area contributed by atoms with Crippen molar-refractivity contribution in [2.75, 3.05) is 26.9 Å². The summed E-state index contributed by atoms with van der Waals surface area (Å²) in [6.45, 7) is 4.81. The summed E-state index contributed by atoms with van der Waals surface area (Å²) in [5.41, 5.74) is 0.424. The SMILES string of the molecule is COCCN(C(=O)COc1ccccc1C#N)C(C)C. The van der Waals surface area contributed by atoms with E-state index in [0.29, 0.717) is 24.5 Å². The van der Waals surface area contributed by atoms with Crippen molar-refractivity contribution in [3.05, 3.63) is 29.8 Å². The van der Waals surface area contributed by atoms with Gasteiger partial charge in [-0.2, -0.15) is 5.26 Å². The fraction of sp³-hybridized carbons (Fsp3) is 0.467. The van der Waals surface area contributed by atoms with Crippen LogP contribution in [0.5, 0.6) is 5.75 Å². The van der Waals surface area contributed by atoms with E-state index < -0.39 is 0 Å². The van der Waals surface area contributed by atoms with Gasteiger partial charge in [0.05, 0.1) is 12.2 Å². The van der Waals surface area contributed by atoms with Gasteiger partial charge in [-0.3, -0.25) is 4.79 Å². The van der Waals surface area contributed by atoms with Gasteiger partial charge in [-0.15, -0.1) is 0 Å². The molecule has 0 fully saturated rings. The number of nitriles is 1. The average molecular weight is 276 g/mol. The first-order valence-corrected chi connectivity index (χ1v) is 6.50. The lowest BCUT2D eigenvalue weighted by atomic mass is 10.2. The lowest BCUT2D eigenvalue weighted by molar-refractivity contribution is -0.135. The summed E-state index contributed by atoms with van der Waals surface area (Å²) in [6.07, 6.45) is 0. The van der Waals surface area contributed by atoms with Crippen LogP contribution in [0.3, 0.4) is 0 Å². The fourth-order valence-corrected chi connectivity index (χ4v) is 1.77. The molecule has 1 amide bonds. The Kier molecular flexibility index (Phi) is 6.54. The highest BCUT2D eigenvalue weighted by Gasteiger charge is 2.17. The van der Waals surface area contributed by atoms with Crippen molar-refractivity contribution in [3.8, 4) is 11.8 Å². The summed E-state index contributed by atoms with van der Waals surface area (Å²) < 4.78 is 10.4. The van der Waals surface area contributed by atoms with Crippen LogP contribution in [-0.2, 0) is 9.53 Å². The Balaban J connectivity index is 2.63. The quantitative estimate of drug-likeness (QED) is 0.762. The van der Waals surface area contributed by atoms with Crippen LogP contribution in [0.15, 0.2) is 24.3 Å². The molecule has 5 nitrogen and oxygen atoms in total. The molecule has 0 saturated heterocycles. The molecule has 0 bridgehead atoms. The summed E-state index contributed by atoms with van der Waals surface area (Å²) in [5, 5.41) is 8.96. The van der Waals surface area contributed by atoms with Gasteiger partial charge in [-0.25, -0.2) is 0 Å². The first kappa shape index (κ1) is 16.0. The third-order valence-electron chi connectivity index (χ3n) is 2.84. The predicted octanol–water partition coefficient (Wildman–Crippen LogP) is 1.82. The minimum absolute atomic E-state index is 0.0764. The Morgan fingerprint density at radius 2 is 2.10 bits per heavy atom. The number of hydrogen-bond donors (Lipinski definition) is 0. The van der Waals surface area contributed by atoms with Gasteiger partial charge in [0, 0.05) is 19.7 Å². The molecule has 1 rings (SSSR count). The summed E-state index contributed by atoms with van der Waals surface area (Å²) >= 11 is 0. The van der Waals surface area contributed by atoms with E-state index in [1.165, 1.54) is 0 Å². The van der Waals surface area contributed by atoms with Gasteiger partial charge in [0.2, 0.25) is 0 Å². The van der Waals surface area contributed by atoms with E-state index in [-0.39, 0.29) is 18.6 Å². The third kappa shape index (κ3) is 4.56. The highest BCUT2D eigenvalue weighted by Crippen LogP contribution is 2.16. The van der Waals surface area contributed by atoms with Crippen molar-refractivity contribution in [1.82, 2.24) is 4.90 Å². The maximum Gasteiger partial charge on any atom is 0.260 e. The molecule has 0 aliphatic carbocycles. The Labute approximate surface area is 119 Å². The monoisotopic (exact) mass is 276 g/mol. The van der Waals surface area contributed by atoms with Crippen LogP contribution < -0.4 is 4.74 Å². The number of carbonyl (C=O) groups excluding carboxylic acids is 1. The zero-order valence-corrected chi connectivity index (χ0v) is 12.1. The second-order valence-corrected chi connectivity index (χ2v) is 4.57. The Morgan fingerprint density at radius 3 is 2.70 bits per heavy atom. The molecule has 0 unspecified atom stereocenters. The van der Waals surface area contributed by atoms with E-state index in [1.807, 2.05) is 19.9 Å². The number of para-hydroxylation sites is 1. The van der Waals surface area contributed by atoms with E-state index in [9.17, 15) is 4.79 Å². The standard InChI is InChI=1S/C15H20N2O3/c1-12(2)17(8-9-19-3)15(18)11-20-14-7-5-4-6-13(14)10-16/h4-7,12H,8-9,11H2,1-3H3. The molecule has 108 valence electrons. The van der Waals surface area contributed by atoms with Crippen LogP contribution in [0.4, 0.5) is 0 Å². The largest absolute Gasteiger partial charge is 0.482 e. The highest BCUT2D eigenvalue weighted by molar-refractivity contribution is 5.78. The fourth-order valence-electron chi connectivity index (χ4n) is 1.77. The van der Waals surface area contributed by atoms with Crippen LogP contribution in [0.2, 0.25) is 0 Å². The first-order valence-electron chi connectivity index (χ1n) is 6.50. The van der Waals surface area contributed by atoms with Crippen molar-refractivity contribution in [3.63, 3.8) is 0 Å². The molecule has 0 aliphatic heterocycles. The summed E-state index contributed by atoms with van der Waals surface area (Å²) in [7, 11) is 1.60. The van der Waals surface area contributed by atoms with Crippen molar-refractivity contribution >= 4 is 5.91 Å². The molecule has 0 heterocycles. The number of nitrogens with zero attached hydrogens (tertiary/aromatic N) is 2. The van der Waals surface area contributed by atoms with Crippen LogP contribution in [0.1, 0.15) is 19.4 Å². The van der Waals surface area contributed by atoms with E-state index >= 15 is 0 Å². The maximum atomic E-state index is 12.1. The van der Waals surface area contributed by atoms with Crippen molar-refractivity contribution in [2.24, 2.45) is 0 Å². The molecule has 1 aromatic carbocycles. The number of ether oxygens (including phenoxy) is 2. The minimum Gasteiger partial charge on any atom is -0.482 e. The number of hydrogen-bond acceptors (Lipinski definition) is 4. The van der Waals surface area contributed by atoms with Crippen LogP contribution in [0, 0.1) is 11.3 Å². The van der Waals surface area contributed by atoms with Gasteiger partial charge in [-0.1, -0.05) is 12.1 Å². The molecular formula is C15H20N2O3. The van der Waals surface area contributed by atoms with Crippen molar-refractivity contribution < 1.29 is 14.3 Å². The van der Waals surface area contributed by atoms with E-state index in [1.54, 1.807) is 36.3 Å². The molecule has 0 saturated carbocycles. The van der Waals surface area contributed by atoms with Gasteiger partial charge in [0.1, 0.15) is 11.8 Å². The second kappa shape index (κ2) is 8.18. The van der Waals surface area contributed by atoms with Gasteiger partial charge in [0.15, 0.2) is 6.61 Å². The number of amides is 1. The number of benzene rings is 1. The predicted molar refractivity (Wildman–Crippen MR) is 75.4 cm³/mol. The molecule has 0 radical (unpaired) electrons. The lowest BCUT2D eigenvalue weighted by Gasteiger charge is -2.26. The van der Waals surface area contributed by atoms with Crippen molar-refractivity contribution in [2.45, 2.75) is 19.9 Å². The number of methoxy groups -OCH3 is 1. The zero-order valence-electron chi connectivity index (χ0n) is 12.1. The topological polar surface area (TPSA) is 62.6 Å². The number of carbonyl (C=O) groups is 1. The number of rotatable bonds is 7. The Morgan fingerprint density at radius 1 is 1.40 bits per heavy atom. The molecule has 0 atom stereocenters. The second-order valence-electron chi connectivity index (χ2n) is 4.57. The molecule has 5 heteroatoms. The van der Waals surface area contributed by atoms with Gasteiger partial charge >= 0.3 is 0 Å². The molecule has 0 aliphatic rings. The first-order chi connectivity index (χ1) is 9.60. The maximum absolute atomic E-state index is 12.1. The third-order valence-corrected chi connectivity index (χ3v) is 2.84. The van der Waals surface area contributed by atoms with E-state index in [2.05, 4.69) is 0 Å². The minimum atomic E-state index is -0.121. The van der Waals surface area contributed by atoms with Gasteiger partial charge < -0.3 is 14.4 Å². The summed E-state index contributed by atoms with van der Waals surface area (Å²) in [4.78, 5) is 13.8. The van der Waals surface area contributed by atoms with Crippen molar-refractivity contribution in [1.29, 1.82) is 5.26 Å². The molecule has 20 heavy (non-hydrogen) atoms. The van der Waals surface area contributed by atoms with Crippen LogP contribution in [0.25, 0.3) is 0 Å². The highest BCUT2D eigenvalue weighted by atomic mass is 16.5.